The van der Waals surface area contributed by atoms with Crippen molar-refractivity contribution in [3.05, 3.63) is 265 Å². The van der Waals surface area contributed by atoms with Gasteiger partial charge in [-0.25, -0.2) is 0 Å². The molecule has 0 aliphatic carbocycles. The SMILES string of the molecule is c1ccc2c3c(ccc2c1)OCc1ccc(cc1)N=Nc1ccc(cc1)COc1ccc2ccccc2c1-c1c(ccc2ccccc12)OCc1ccc(cc1)N=Nc1ccc(cc1)COc1ccc2ccccc2c1-3. The van der Waals surface area contributed by atoms with E-state index in [-0.39, 0.29) is 0 Å². The molecule has 364 valence electrons. The fourth-order valence-electron chi connectivity index (χ4n) is 10.0. The molecular weight excluding hydrogens is 937 g/mol. The third-order valence-corrected chi connectivity index (χ3v) is 13.9. The lowest BCUT2D eigenvalue weighted by Gasteiger charge is -2.20. The van der Waals surface area contributed by atoms with Gasteiger partial charge in [0.2, 0.25) is 0 Å². The Morgan fingerprint density at radius 3 is 0.645 bits per heavy atom. The maximum absolute atomic E-state index is 6.78. The smallest absolute Gasteiger partial charge is 0.128 e. The Hall–Kier alpha value is -9.92. The molecule has 0 saturated carbocycles. The molecule has 12 aromatic rings. The highest BCUT2D eigenvalue weighted by molar-refractivity contribution is 6.11. The van der Waals surface area contributed by atoms with E-state index in [1.807, 2.05) is 97.1 Å². The van der Waals surface area contributed by atoms with E-state index in [1.54, 1.807) is 0 Å². The predicted octanol–water partition coefficient (Wildman–Crippen LogP) is 19.1. The molecule has 19 rings (SSSR count). The van der Waals surface area contributed by atoms with E-state index in [4.69, 9.17) is 18.9 Å². The summed E-state index contributed by atoms with van der Waals surface area (Å²) in [6.45, 7) is 1.39. The largest absolute Gasteiger partial charge is 0.488 e. The minimum atomic E-state index is 0.347. The third kappa shape index (κ3) is 9.47. The number of rotatable bonds is 0. The van der Waals surface area contributed by atoms with Gasteiger partial charge < -0.3 is 18.9 Å². The Morgan fingerprint density at radius 2 is 0.421 bits per heavy atom. The fraction of sp³-hybridized carbons (Fsp3) is 0.0588. The molecule has 0 spiro atoms. The van der Waals surface area contributed by atoms with Gasteiger partial charge in [-0.05, 0) is 138 Å². The van der Waals surface area contributed by atoms with Crippen molar-refractivity contribution in [2.24, 2.45) is 20.5 Å². The lowest BCUT2D eigenvalue weighted by Crippen LogP contribution is -2.01. The molecule has 12 aromatic carbocycles. The van der Waals surface area contributed by atoms with Crippen molar-refractivity contribution < 1.29 is 18.9 Å². The average Bonchev–Trinajstić information content (AvgIpc) is 3.50. The Labute approximate surface area is 439 Å². The van der Waals surface area contributed by atoms with Gasteiger partial charge in [0.15, 0.2) is 0 Å². The van der Waals surface area contributed by atoms with Gasteiger partial charge in [0.25, 0.3) is 0 Å². The molecule has 0 unspecified atom stereocenters. The Bertz CT molecular complexity index is 3610. The van der Waals surface area contributed by atoms with Crippen molar-refractivity contribution in [2.45, 2.75) is 26.4 Å². The molecule has 76 heavy (non-hydrogen) atoms. The maximum atomic E-state index is 6.78. The van der Waals surface area contributed by atoms with Crippen LogP contribution in [0.15, 0.2) is 263 Å². The van der Waals surface area contributed by atoms with E-state index in [0.29, 0.717) is 26.4 Å². The van der Waals surface area contributed by atoms with E-state index in [2.05, 4.69) is 166 Å². The van der Waals surface area contributed by atoms with Crippen molar-refractivity contribution in [2.75, 3.05) is 0 Å². The zero-order chi connectivity index (χ0) is 50.6. The summed E-state index contributed by atoms with van der Waals surface area (Å²) in [5.41, 5.74) is 10.9. The van der Waals surface area contributed by atoms with E-state index < -0.39 is 0 Å². The van der Waals surface area contributed by atoms with Gasteiger partial charge in [0, 0.05) is 22.3 Å². The van der Waals surface area contributed by atoms with Crippen molar-refractivity contribution in [3.8, 4) is 45.3 Å². The van der Waals surface area contributed by atoms with Gasteiger partial charge in [-0.15, -0.1) is 0 Å². The monoisotopic (exact) mass is 984 g/mol. The molecule has 7 aliphatic rings. The second-order valence-corrected chi connectivity index (χ2v) is 18.9. The minimum absolute atomic E-state index is 0.347. The first kappa shape index (κ1) is 45.9. The first-order valence-electron chi connectivity index (χ1n) is 25.4. The molecule has 0 radical (unpaired) electrons. The third-order valence-electron chi connectivity index (χ3n) is 13.9. The first-order chi connectivity index (χ1) is 37.6. The number of hydrogen-bond donors (Lipinski definition) is 0. The van der Waals surface area contributed by atoms with Gasteiger partial charge >= 0.3 is 0 Å². The van der Waals surface area contributed by atoms with E-state index in [1.165, 1.54) is 0 Å². The normalized spacial score (nSPS) is 12.8. The molecule has 0 N–H and O–H groups in total. The Kier molecular flexibility index (Phi) is 12.4. The van der Waals surface area contributed by atoms with Crippen LogP contribution in [0, 0.1) is 0 Å². The van der Waals surface area contributed by atoms with E-state index in [9.17, 15) is 0 Å². The van der Waals surface area contributed by atoms with Gasteiger partial charge in [0.1, 0.15) is 49.4 Å². The van der Waals surface area contributed by atoms with Gasteiger partial charge in [-0.3, -0.25) is 0 Å². The topological polar surface area (TPSA) is 86.4 Å². The zero-order valence-corrected chi connectivity index (χ0v) is 41.3. The molecule has 0 amide bonds. The van der Waals surface area contributed by atoms with Gasteiger partial charge in [-0.1, -0.05) is 170 Å². The molecular formula is C68H48N4O4. The summed E-state index contributed by atoms with van der Waals surface area (Å²) >= 11 is 0. The number of fused-ring (bicyclic) bond motifs is 4. The minimum Gasteiger partial charge on any atom is -0.488 e. The Morgan fingerprint density at radius 1 is 0.211 bits per heavy atom. The summed E-state index contributed by atoms with van der Waals surface area (Å²) < 4.78 is 27.1. The van der Waals surface area contributed by atoms with Crippen molar-refractivity contribution in [1.29, 1.82) is 0 Å². The molecule has 0 fully saturated rings. The summed E-state index contributed by atoms with van der Waals surface area (Å²) in [6.07, 6.45) is 0. The number of nitrogens with zero attached hydrogens (tertiary/aromatic N) is 4. The average molecular weight is 985 g/mol. The number of hydrogen-bond acceptors (Lipinski definition) is 8. The fourth-order valence-corrected chi connectivity index (χ4v) is 10.0. The summed E-state index contributed by atoms with van der Waals surface area (Å²) in [5, 5.41) is 27.1. The van der Waals surface area contributed by atoms with Crippen LogP contribution < -0.4 is 18.9 Å². The summed E-state index contributed by atoms with van der Waals surface area (Å²) in [4.78, 5) is 0. The van der Waals surface area contributed by atoms with Crippen molar-refractivity contribution >= 4 is 65.8 Å². The summed E-state index contributed by atoms with van der Waals surface area (Å²) in [7, 11) is 0. The molecule has 8 nitrogen and oxygen atoms in total. The van der Waals surface area contributed by atoms with E-state index >= 15 is 0 Å². The van der Waals surface area contributed by atoms with Crippen LogP contribution in [-0.4, -0.2) is 0 Å². The second kappa shape index (κ2) is 20.5. The molecule has 0 aromatic heterocycles. The zero-order valence-electron chi connectivity index (χ0n) is 41.3. The summed E-state index contributed by atoms with van der Waals surface area (Å²) in [6, 6.07) is 82.5. The van der Waals surface area contributed by atoms with Crippen LogP contribution in [0.5, 0.6) is 23.0 Å². The molecule has 0 atom stereocenters. The maximum Gasteiger partial charge on any atom is 0.128 e. The lowest BCUT2D eigenvalue weighted by molar-refractivity contribution is 0.303. The van der Waals surface area contributed by atoms with Crippen LogP contribution in [0.3, 0.4) is 0 Å². The first-order valence-corrected chi connectivity index (χ1v) is 25.4. The van der Waals surface area contributed by atoms with Crippen molar-refractivity contribution in [3.63, 3.8) is 0 Å². The molecule has 8 heteroatoms. The number of ether oxygens (including phenoxy) is 4. The summed E-state index contributed by atoms with van der Waals surface area (Å²) in [5.74, 6) is 3.04. The van der Waals surface area contributed by atoms with Crippen LogP contribution in [0.25, 0.3) is 65.3 Å². The van der Waals surface area contributed by atoms with Gasteiger partial charge in [-0.2, -0.15) is 20.5 Å². The van der Waals surface area contributed by atoms with Crippen LogP contribution in [0.1, 0.15) is 22.3 Å². The highest BCUT2D eigenvalue weighted by Crippen LogP contribution is 2.48. The van der Waals surface area contributed by atoms with Crippen LogP contribution in [0.4, 0.5) is 22.7 Å². The van der Waals surface area contributed by atoms with Crippen LogP contribution in [-0.2, 0) is 26.4 Å². The van der Waals surface area contributed by atoms with Crippen molar-refractivity contribution in [1.82, 2.24) is 0 Å². The number of benzene rings is 12. The highest BCUT2D eigenvalue weighted by Gasteiger charge is 2.22. The quantitative estimate of drug-likeness (QED) is 0.151. The molecule has 0 saturated heterocycles. The lowest BCUT2D eigenvalue weighted by atomic mass is 9.92. The number of azo groups is 2. The second-order valence-electron chi connectivity index (χ2n) is 18.9. The van der Waals surface area contributed by atoms with Gasteiger partial charge in [0.05, 0.1) is 22.7 Å². The highest BCUT2D eigenvalue weighted by atomic mass is 16.5. The van der Waals surface area contributed by atoms with Crippen LogP contribution in [0.2, 0.25) is 0 Å². The molecule has 7 aliphatic heterocycles. The van der Waals surface area contributed by atoms with E-state index in [0.717, 1.165) is 133 Å². The molecule has 7 heterocycles. The van der Waals surface area contributed by atoms with Crippen LogP contribution >= 0.6 is 0 Å². The Balaban J connectivity index is 0.855. The predicted molar refractivity (Wildman–Crippen MR) is 305 cm³/mol. The standard InChI is InChI=1S/C68H48N4O4/c1-5-13-57-49(9-1)25-37-61-65(57)66-58-14-6-2-10-50(58)26-38-62(66)74-42-46-19-31-54(32-20-46)70-72-56-35-23-48(24-36-56)44-76-64-40-28-52-12-4-8-16-60(52)68(64)67-59-15-7-3-11-51(59)27-39-63(67)75-43-47-21-33-55(34-22-47)71-69-53-29-17-45(18-30-53)41-73-61/h1-40H,41-44H2. The molecule has 8 bridgehead atoms.